The van der Waals surface area contributed by atoms with Crippen LogP contribution in [0.3, 0.4) is 0 Å². The van der Waals surface area contributed by atoms with Gasteiger partial charge in [-0.1, -0.05) is 53.7 Å². The van der Waals surface area contributed by atoms with Gasteiger partial charge in [-0.15, -0.1) is 0 Å². The Kier molecular flexibility index (Phi) is 19.3. The number of ether oxygens (including phenoxy) is 2. The maximum absolute atomic E-state index is 12.5. The Hall–Kier alpha value is -4.28. The largest absolute Gasteiger partial charge is 0.481 e. The minimum absolute atomic E-state index is 0.00914. The predicted octanol–water partition coefficient (Wildman–Crippen LogP) is 6.54. The number of carbonyl (C=O) groups excluding carboxylic acids is 2. The number of benzene rings is 2. The van der Waals surface area contributed by atoms with Gasteiger partial charge in [0.15, 0.2) is 0 Å². The third-order valence-corrected chi connectivity index (χ3v) is 5.60. The number of hydrogen-bond donors (Lipinski definition) is 3. The fourth-order valence-electron chi connectivity index (χ4n) is 3.60. The number of carboxylic acids is 2. The first kappa shape index (κ1) is 37.7. The number of hydrogen-bond acceptors (Lipinski definition) is 7. The quantitative estimate of drug-likeness (QED) is 0.223. The molecular weight excluding hydrogens is 542 g/mol. The molecule has 0 saturated heterocycles. The molecule has 11 nitrogen and oxygen atoms in total. The number of nitrogens with one attached hydrogen (secondary N) is 1. The smallest absolute Gasteiger partial charge is 0.414 e. The van der Waals surface area contributed by atoms with Gasteiger partial charge in [-0.2, -0.15) is 0 Å². The predicted molar refractivity (Wildman–Crippen MR) is 164 cm³/mol. The van der Waals surface area contributed by atoms with Crippen molar-refractivity contribution in [2.45, 2.75) is 79.9 Å². The van der Waals surface area contributed by atoms with E-state index in [4.69, 9.17) is 19.7 Å². The minimum atomic E-state index is -1.39. The highest BCUT2D eigenvalue weighted by atomic mass is 16.6. The van der Waals surface area contributed by atoms with Crippen LogP contribution in [-0.2, 0) is 20.9 Å². The van der Waals surface area contributed by atoms with E-state index in [0.29, 0.717) is 11.3 Å². The zero-order valence-electron chi connectivity index (χ0n) is 25.9. The average molecular weight is 590 g/mol. The molecule has 42 heavy (non-hydrogen) atoms. The first-order valence-electron chi connectivity index (χ1n) is 14.4. The van der Waals surface area contributed by atoms with Gasteiger partial charge in [0.1, 0.15) is 18.4 Å². The van der Waals surface area contributed by atoms with Gasteiger partial charge in [0.25, 0.3) is 0 Å². The molecule has 0 radical (unpaired) electrons. The van der Waals surface area contributed by atoms with E-state index in [0.717, 1.165) is 31.6 Å². The second-order valence-electron chi connectivity index (χ2n) is 8.62. The molecule has 0 aliphatic heterocycles. The molecule has 0 aliphatic rings. The molecule has 0 bridgehead atoms. The second kappa shape index (κ2) is 21.5. The van der Waals surface area contributed by atoms with Gasteiger partial charge < -0.3 is 29.9 Å². The molecule has 11 heteroatoms. The van der Waals surface area contributed by atoms with Gasteiger partial charge in [-0.25, -0.2) is 14.4 Å². The highest BCUT2D eigenvalue weighted by Crippen LogP contribution is 2.22. The van der Waals surface area contributed by atoms with Crippen LogP contribution in [0.2, 0.25) is 0 Å². The van der Waals surface area contributed by atoms with Crippen LogP contribution in [0.4, 0.5) is 21.0 Å². The van der Waals surface area contributed by atoms with Crippen molar-refractivity contribution in [3.05, 3.63) is 54.1 Å². The first-order chi connectivity index (χ1) is 20.1. The molecule has 0 aliphatic carbocycles. The minimum Gasteiger partial charge on any atom is -0.481 e. The Morgan fingerprint density at radius 1 is 0.833 bits per heavy atom. The van der Waals surface area contributed by atoms with Crippen molar-refractivity contribution >= 4 is 35.5 Å². The van der Waals surface area contributed by atoms with E-state index in [-0.39, 0.29) is 18.8 Å². The normalized spacial score (nSPS) is 10.5. The van der Waals surface area contributed by atoms with E-state index < -0.39 is 36.6 Å². The molecule has 234 valence electrons. The summed E-state index contributed by atoms with van der Waals surface area (Å²) in [7, 11) is 1.63. The van der Waals surface area contributed by atoms with Gasteiger partial charge in [0.2, 0.25) is 0 Å². The van der Waals surface area contributed by atoms with Crippen LogP contribution in [0.25, 0.3) is 0 Å². The summed E-state index contributed by atoms with van der Waals surface area (Å²) in [6, 6.07) is 12.5. The summed E-state index contributed by atoms with van der Waals surface area (Å²) in [4.78, 5) is 50.1. The van der Waals surface area contributed by atoms with Crippen molar-refractivity contribution in [2.24, 2.45) is 0 Å². The van der Waals surface area contributed by atoms with Crippen molar-refractivity contribution in [1.29, 1.82) is 0 Å². The van der Waals surface area contributed by atoms with Crippen molar-refractivity contribution in [3.8, 4) is 5.75 Å². The number of anilines is 2. The van der Waals surface area contributed by atoms with Gasteiger partial charge in [0, 0.05) is 37.9 Å². The van der Waals surface area contributed by atoms with Crippen molar-refractivity contribution < 1.29 is 38.9 Å². The van der Waals surface area contributed by atoms with Crippen LogP contribution in [-0.4, -0.2) is 60.5 Å². The average Bonchev–Trinajstić information content (AvgIpc) is 3.00. The first-order valence-corrected chi connectivity index (χ1v) is 14.4. The zero-order chi connectivity index (χ0) is 32.1. The molecule has 0 fully saturated rings. The lowest BCUT2D eigenvalue weighted by molar-refractivity contribution is -0.140. The zero-order valence-corrected chi connectivity index (χ0v) is 25.9. The van der Waals surface area contributed by atoms with Gasteiger partial charge in [-0.05, 0) is 61.2 Å². The third-order valence-electron chi connectivity index (χ3n) is 5.60. The molecule has 0 aromatic heterocycles. The summed E-state index contributed by atoms with van der Waals surface area (Å²) in [5.41, 5.74) is 2.45. The molecule has 2 aromatic carbocycles. The van der Waals surface area contributed by atoms with Crippen molar-refractivity contribution in [3.63, 3.8) is 0 Å². The number of rotatable bonds is 14. The van der Waals surface area contributed by atoms with E-state index >= 15 is 0 Å². The van der Waals surface area contributed by atoms with Crippen LogP contribution in [0.1, 0.15) is 72.8 Å². The molecule has 1 unspecified atom stereocenters. The Labute approximate surface area is 249 Å². The van der Waals surface area contributed by atoms with Gasteiger partial charge >= 0.3 is 24.1 Å². The molecule has 0 spiro atoms. The van der Waals surface area contributed by atoms with E-state index in [1.54, 1.807) is 19.2 Å². The number of amides is 2. The van der Waals surface area contributed by atoms with E-state index in [1.165, 1.54) is 17.0 Å². The Morgan fingerprint density at radius 2 is 1.36 bits per heavy atom. The molecule has 1 atom stereocenters. The Bertz CT molecular complexity index is 1070. The monoisotopic (exact) mass is 589 g/mol. The molecule has 0 saturated carbocycles. The highest BCUT2D eigenvalue weighted by molar-refractivity contribution is 5.87. The number of carboxylic acid groups (broad SMARTS) is 2. The molecule has 2 rings (SSSR count). The van der Waals surface area contributed by atoms with Crippen molar-refractivity contribution in [2.75, 3.05) is 29.9 Å². The molecule has 2 amide bonds. The lowest BCUT2D eigenvalue weighted by Crippen LogP contribution is -2.42. The summed E-state index contributed by atoms with van der Waals surface area (Å²) >= 11 is 0. The van der Waals surface area contributed by atoms with Crippen LogP contribution in [0.5, 0.6) is 5.75 Å². The molecule has 0 heterocycles. The summed E-state index contributed by atoms with van der Waals surface area (Å²) in [5.74, 6) is -2.40. The lowest BCUT2D eigenvalue weighted by atomic mass is 10.1. The number of nitrogens with zero attached hydrogens (tertiary/aromatic N) is 2. The number of aliphatic carboxylic acids is 2. The summed E-state index contributed by atoms with van der Waals surface area (Å²) in [6.45, 7) is 14.2. The topological polar surface area (TPSA) is 146 Å². The summed E-state index contributed by atoms with van der Waals surface area (Å²) in [6.07, 6.45) is -0.151. The van der Waals surface area contributed by atoms with Crippen molar-refractivity contribution in [1.82, 2.24) is 5.32 Å². The maximum Gasteiger partial charge on any atom is 0.414 e. The Morgan fingerprint density at radius 3 is 1.83 bits per heavy atom. The third kappa shape index (κ3) is 13.9. The van der Waals surface area contributed by atoms with E-state index in [9.17, 15) is 19.2 Å². The van der Waals surface area contributed by atoms with Crippen LogP contribution in [0.15, 0.2) is 48.5 Å². The van der Waals surface area contributed by atoms with Crippen LogP contribution < -0.4 is 19.9 Å². The highest BCUT2D eigenvalue weighted by Gasteiger charge is 2.22. The van der Waals surface area contributed by atoms with Crippen LogP contribution in [0, 0.1) is 0 Å². The fourth-order valence-corrected chi connectivity index (χ4v) is 3.60. The molecule has 3 N–H and O–H groups in total. The molecule has 2 aromatic rings. The second-order valence-corrected chi connectivity index (χ2v) is 8.62. The van der Waals surface area contributed by atoms with E-state index in [2.05, 4.69) is 24.1 Å². The maximum atomic E-state index is 12.5. The Balaban J connectivity index is 0.00000402. The number of carbonyl (C=O) groups is 4. The summed E-state index contributed by atoms with van der Waals surface area (Å²) in [5, 5.41) is 19.9. The standard InChI is InChI=1S/C27H35N3O8.2C2H6/c1-4-16-30(17-5-2)21-10-8-20(9-11-21)29(3)27(36)37-18-19-6-12-22(13-7-19)38-26(35)28-23(25(33)34)14-15-24(31)32;2*1-2/h6-13,23H,4-5,14-18H2,1-3H3,(H,28,35)(H,31,32)(H,33,34);2*1-2H3. The van der Waals surface area contributed by atoms with E-state index in [1.807, 2.05) is 52.0 Å². The van der Waals surface area contributed by atoms with Crippen LogP contribution >= 0.6 is 0 Å². The van der Waals surface area contributed by atoms with Gasteiger partial charge in [0.05, 0.1) is 0 Å². The fraction of sp³-hybridized carbons (Fsp3) is 0.484. The van der Waals surface area contributed by atoms with Gasteiger partial charge in [-0.3, -0.25) is 9.69 Å². The molecular formula is C31H47N3O8. The SMILES string of the molecule is CC.CC.CCCN(CCC)c1ccc(N(C)C(=O)OCc2ccc(OC(=O)NC(CCC(=O)O)C(=O)O)cc2)cc1. The summed E-state index contributed by atoms with van der Waals surface area (Å²) < 4.78 is 10.4. The lowest BCUT2D eigenvalue weighted by Gasteiger charge is -2.25.